The predicted octanol–water partition coefficient (Wildman–Crippen LogP) is 2.80. The Bertz CT molecular complexity index is 497. The van der Waals surface area contributed by atoms with Crippen LogP contribution >= 0.6 is 0 Å². The highest BCUT2D eigenvalue weighted by molar-refractivity contribution is 5.20. The van der Waals surface area contributed by atoms with Gasteiger partial charge in [-0.25, -0.2) is 0 Å². The molecule has 1 N–H and O–H groups in total. The minimum atomic E-state index is 0.466. The van der Waals surface area contributed by atoms with Gasteiger partial charge in [-0.15, -0.1) is 0 Å². The summed E-state index contributed by atoms with van der Waals surface area (Å²) in [7, 11) is 0. The lowest BCUT2D eigenvalue weighted by Crippen LogP contribution is -2.19. The zero-order valence-corrected chi connectivity index (χ0v) is 12.0. The number of nitrogens with one attached hydrogen (secondary N) is 1. The molecule has 0 fully saturated rings. The minimum Gasteiger partial charge on any atom is -0.486 e. The maximum absolute atomic E-state index is 5.64. The largest absolute Gasteiger partial charge is 0.486 e. The minimum absolute atomic E-state index is 0.466. The second kappa shape index (κ2) is 7.60. The zero-order chi connectivity index (χ0) is 14.2. The summed E-state index contributed by atoms with van der Waals surface area (Å²) in [4.78, 5) is 8.59. The number of hydrogen-bond donors (Lipinski definition) is 1. The molecule has 0 radical (unpaired) electrons. The first-order chi connectivity index (χ1) is 9.74. The van der Waals surface area contributed by atoms with Crippen LogP contribution in [0.2, 0.25) is 0 Å². The summed E-state index contributed by atoms with van der Waals surface area (Å²) in [5.41, 5.74) is 1.94. The summed E-state index contributed by atoms with van der Waals surface area (Å²) in [5.74, 6) is 1.42. The highest BCUT2D eigenvalue weighted by atomic mass is 16.5. The van der Waals surface area contributed by atoms with Crippen molar-refractivity contribution in [3.8, 4) is 5.75 Å². The number of nitrogens with zero attached hydrogens (tertiary/aromatic N) is 2. The van der Waals surface area contributed by atoms with Crippen LogP contribution in [0.3, 0.4) is 0 Å². The summed E-state index contributed by atoms with van der Waals surface area (Å²) >= 11 is 0. The van der Waals surface area contributed by atoms with Crippen LogP contribution in [0.4, 0.5) is 0 Å². The molecule has 0 saturated heterocycles. The van der Waals surface area contributed by atoms with Crippen molar-refractivity contribution in [2.75, 3.05) is 6.54 Å². The first-order valence-corrected chi connectivity index (χ1v) is 6.92. The summed E-state index contributed by atoms with van der Waals surface area (Å²) in [5, 5.41) is 3.37. The zero-order valence-electron chi connectivity index (χ0n) is 12.0. The molecule has 0 aliphatic heterocycles. The van der Waals surface area contributed by atoms with Crippen LogP contribution in [0, 0.1) is 5.92 Å². The van der Waals surface area contributed by atoms with Crippen LogP contribution in [0.15, 0.2) is 42.7 Å². The van der Waals surface area contributed by atoms with E-state index in [0.29, 0.717) is 12.5 Å². The fourth-order valence-electron chi connectivity index (χ4n) is 1.73. The number of rotatable bonds is 7. The number of aromatic nitrogens is 2. The Kier molecular flexibility index (Phi) is 5.50. The van der Waals surface area contributed by atoms with Crippen LogP contribution in [-0.2, 0) is 13.2 Å². The third kappa shape index (κ3) is 4.97. The van der Waals surface area contributed by atoms with Crippen LogP contribution in [0.1, 0.15) is 25.2 Å². The Hall–Kier alpha value is -1.94. The highest BCUT2D eigenvalue weighted by Gasteiger charge is 1.99. The van der Waals surface area contributed by atoms with Gasteiger partial charge in [-0.05, 0) is 36.7 Å². The topological polar surface area (TPSA) is 47.0 Å². The van der Waals surface area contributed by atoms with Crippen molar-refractivity contribution in [2.24, 2.45) is 5.92 Å². The molecule has 0 amide bonds. The van der Waals surface area contributed by atoms with Gasteiger partial charge < -0.3 is 10.1 Å². The van der Waals surface area contributed by atoms with Gasteiger partial charge in [0.05, 0.1) is 17.6 Å². The Morgan fingerprint density at radius 2 is 2.00 bits per heavy atom. The molecule has 2 heterocycles. The lowest BCUT2D eigenvalue weighted by Gasteiger charge is -2.08. The molecular formula is C16H21N3O. The molecular weight excluding hydrogens is 250 g/mol. The van der Waals surface area contributed by atoms with Crippen LogP contribution in [-0.4, -0.2) is 16.5 Å². The van der Waals surface area contributed by atoms with Crippen LogP contribution < -0.4 is 10.1 Å². The van der Waals surface area contributed by atoms with E-state index < -0.39 is 0 Å². The van der Waals surface area contributed by atoms with Gasteiger partial charge in [0.25, 0.3) is 0 Å². The summed E-state index contributed by atoms with van der Waals surface area (Å²) < 4.78 is 5.64. The predicted molar refractivity (Wildman–Crippen MR) is 79.4 cm³/mol. The van der Waals surface area contributed by atoms with Gasteiger partial charge >= 0.3 is 0 Å². The maximum Gasteiger partial charge on any atom is 0.138 e. The average molecular weight is 271 g/mol. The molecule has 20 heavy (non-hydrogen) atoms. The Morgan fingerprint density at radius 3 is 2.65 bits per heavy atom. The van der Waals surface area contributed by atoms with E-state index >= 15 is 0 Å². The fraction of sp³-hybridized carbons (Fsp3) is 0.375. The molecule has 106 valence electrons. The number of hydrogen-bond acceptors (Lipinski definition) is 4. The van der Waals surface area contributed by atoms with Crippen LogP contribution in [0.25, 0.3) is 0 Å². The second-order valence-electron chi connectivity index (χ2n) is 5.12. The van der Waals surface area contributed by atoms with Gasteiger partial charge in [-0.2, -0.15) is 0 Å². The van der Waals surface area contributed by atoms with Crippen molar-refractivity contribution in [3.05, 3.63) is 54.1 Å². The molecule has 0 spiro atoms. The normalized spacial score (nSPS) is 10.8. The van der Waals surface area contributed by atoms with Gasteiger partial charge in [0.1, 0.15) is 12.4 Å². The summed E-state index contributed by atoms with van der Waals surface area (Å²) in [6, 6.07) is 9.72. The first-order valence-electron chi connectivity index (χ1n) is 6.92. The van der Waals surface area contributed by atoms with Crippen molar-refractivity contribution >= 4 is 0 Å². The molecule has 2 rings (SSSR count). The molecule has 4 nitrogen and oxygen atoms in total. The van der Waals surface area contributed by atoms with Crippen molar-refractivity contribution in [3.63, 3.8) is 0 Å². The van der Waals surface area contributed by atoms with Crippen molar-refractivity contribution < 1.29 is 4.74 Å². The smallest absolute Gasteiger partial charge is 0.138 e. The van der Waals surface area contributed by atoms with Crippen molar-refractivity contribution in [2.45, 2.75) is 27.0 Å². The molecule has 0 aliphatic carbocycles. The average Bonchev–Trinajstić information content (AvgIpc) is 2.47. The molecule has 0 saturated carbocycles. The lowest BCUT2D eigenvalue weighted by molar-refractivity contribution is 0.300. The van der Waals surface area contributed by atoms with E-state index in [1.165, 1.54) is 0 Å². The lowest BCUT2D eigenvalue weighted by atomic mass is 10.2. The number of pyridine rings is 2. The van der Waals surface area contributed by atoms with E-state index in [9.17, 15) is 0 Å². The van der Waals surface area contributed by atoms with Gasteiger partial charge in [-0.3, -0.25) is 9.97 Å². The summed E-state index contributed by atoms with van der Waals surface area (Å²) in [6.45, 7) is 6.63. The molecule has 4 heteroatoms. The molecule has 0 bridgehead atoms. The SMILES string of the molecule is CC(C)CNCc1ccc(OCc2ccccn2)cn1. The first kappa shape index (κ1) is 14.5. The van der Waals surface area contributed by atoms with E-state index in [4.69, 9.17) is 4.74 Å². The Morgan fingerprint density at radius 1 is 1.10 bits per heavy atom. The third-order valence-corrected chi connectivity index (χ3v) is 2.77. The Labute approximate surface area is 120 Å². The van der Waals surface area contributed by atoms with Crippen LogP contribution in [0.5, 0.6) is 5.75 Å². The highest BCUT2D eigenvalue weighted by Crippen LogP contribution is 2.11. The van der Waals surface area contributed by atoms with E-state index in [2.05, 4.69) is 29.1 Å². The molecule has 0 unspecified atom stereocenters. The molecule has 2 aromatic heterocycles. The van der Waals surface area contributed by atoms with Gasteiger partial charge in [0.15, 0.2) is 0 Å². The van der Waals surface area contributed by atoms with Gasteiger partial charge in [-0.1, -0.05) is 19.9 Å². The molecule has 0 aliphatic rings. The fourth-order valence-corrected chi connectivity index (χ4v) is 1.73. The van der Waals surface area contributed by atoms with Gasteiger partial charge in [0, 0.05) is 12.7 Å². The maximum atomic E-state index is 5.64. The quantitative estimate of drug-likeness (QED) is 0.841. The monoisotopic (exact) mass is 271 g/mol. The third-order valence-electron chi connectivity index (χ3n) is 2.77. The number of ether oxygens (including phenoxy) is 1. The molecule has 0 atom stereocenters. The van der Waals surface area contributed by atoms with E-state index in [0.717, 1.165) is 30.2 Å². The van der Waals surface area contributed by atoms with E-state index in [-0.39, 0.29) is 0 Å². The second-order valence-corrected chi connectivity index (χ2v) is 5.12. The standard InChI is InChI=1S/C16H21N3O/c1-13(2)9-17-10-14-6-7-16(11-19-14)20-12-15-5-3-4-8-18-15/h3-8,11,13,17H,9-10,12H2,1-2H3. The van der Waals surface area contributed by atoms with Gasteiger partial charge in [0.2, 0.25) is 0 Å². The van der Waals surface area contributed by atoms with Crippen molar-refractivity contribution in [1.82, 2.24) is 15.3 Å². The molecule has 0 aromatic carbocycles. The van der Waals surface area contributed by atoms with Crippen molar-refractivity contribution in [1.29, 1.82) is 0 Å². The summed E-state index contributed by atoms with van der Waals surface area (Å²) in [6.07, 6.45) is 3.52. The van der Waals surface area contributed by atoms with E-state index in [1.54, 1.807) is 12.4 Å². The van der Waals surface area contributed by atoms with E-state index in [1.807, 2.05) is 30.3 Å². The Balaban J connectivity index is 1.79. The molecule has 2 aromatic rings.